The lowest BCUT2D eigenvalue weighted by molar-refractivity contribution is 0.477. The highest BCUT2D eigenvalue weighted by molar-refractivity contribution is 7.10. The Labute approximate surface area is 159 Å². The zero-order chi connectivity index (χ0) is 18.6. The van der Waals surface area contributed by atoms with Gasteiger partial charge in [0.25, 0.3) is 0 Å². The molecule has 27 heavy (non-hydrogen) atoms. The van der Waals surface area contributed by atoms with Crippen molar-refractivity contribution in [3.63, 3.8) is 0 Å². The lowest BCUT2D eigenvalue weighted by atomic mass is 10.1. The minimum Gasteiger partial charge on any atom is -0.456 e. The van der Waals surface area contributed by atoms with Gasteiger partial charge in [0.15, 0.2) is 0 Å². The number of hydrogen-bond donors (Lipinski definition) is 0. The first kappa shape index (κ1) is 17.4. The monoisotopic (exact) mass is 378 g/mol. The Bertz CT molecular complexity index is 1060. The highest BCUT2D eigenvalue weighted by Crippen LogP contribution is 2.34. The van der Waals surface area contributed by atoms with Gasteiger partial charge in [-0.15, -0.1) is 11.3 Å². The van der Waals surface area contributed by atoms with E-state index in [9.17, 15) is 8.78 Å². The molecule has 0 atom stereocenters. The van der Waals surface area contributed by atoms with E-state index in [2.05, 4.69) is 11.1 Å². The van der Waals surface area contributed by atoms with E-state index in [1.807, 2.05) is 17.5 Å². The van der Waals surface area contributed by atoms with Crippen LogP contribution in [0.5, 0.6) is 11.5 Å². The van der Waals surface area contributed by atoms with Crippen molar-refractivity contribution in [2.24, 2.45) is 0 Å². The van der Waals surface area contributed by atoms with Crippen LogP contribution >= 0.6 is 11.3 Å². The van der Waals surface area contributed by atoms with Crippen LogP contribution in [0.15, 0.2) is 72.1 Å². The fourth-order valence-electron chi connectivity index (χ4n) is 2.65. The zero-order valence-corrected chi connectivity index (χ0v) is 15.0. The third-order valence-corrected chi connectivity index (χ3v) is 4.78. The van der Waals surface area contributed by atoms with Crippen molar-refractivity contribution in [2.75, 3.05) is 0 Å². The lowest BCUT2D eigenvalue weighted by Crippen LogP contribution is -1.91. The maximum absolute atomic E-state index is 13.4. The summed E-state index contributed by atoms with van der Waals surface area (Å²) in [5, 5.41) is 2.86. The summed E-state index contributed by atoms with van der Waals surface area (Å²) in [5.41, 5.74) is 2.54. The van der Waals surface area contributed by atoms with Crippen LogP contribution in [0.1, 0.15) is 10.6 Å². The van der Waals surface area contributed by atoms with Gasteiger partial charge in [0.05, 0.1) is 10.7 Å². The first-order chi connectivity index (χ1) is 13.2. The fraction of sp³-hybridized carbons (Fsp3) is 0.0455. The Balaban J connectivity index is 1.59. The van der Waals surface area contributed by atoms with Gasteiger partial charge >= 0.3 is 0 Å². The van der Waals surface area contributed by atoms with E-state index in [4.69, 9.17) is 4.74 Å². The van der Waals surface area contributed by atoms with Crippen LogP contribution in [-0.2, 0) is 6.42 Å². The van der Waals surface area contributed by atoms with E-state index >= 15 is 0 Å². The molecule has 2 nitrogen and oxygen atoms in total. The van der Waals surface area contributed by atoms with Gasteiger partial charge in [-0.1, -0.05) is 30.3 Å². The molecule has 0 amide bonds. The predicted molar refractivity (Wildman–Crippen MR) is 102 cm³/mol. The SMILES string of the molecule is Fc1ccc(Cc2nc(-c3ccc[c]c3Oc3cccc(F)c3)cs2)cc1. The summed E-state index contributed by atoms with van der Waals surface area (Å²) in [7, 11) is 0. The molecule has 5 heteroatoms. The smallest absolute Gasteiger partial charge is 0.144 e. The lowest BCUT2D eigenvalue weighted by Gasteiger charge is -2.09. The summed E-state index contributed by atoms with van der Waals surface area (Å²) >= 11 is 1.53. The number of halogens is 2. The van der Waals surface area contributed by atoms with Crippen LogP contribution < -0.4 is 4.74 Å². The fourth-order valence-corrected chi connectivity index (χ4v) is 3.48. The van der Waals surface area contributed by atoms with Gasteiger partial charge < -0.3 is 4.74 Å². The summed E-state index contributed by atoms with van der Waals surface area (Å²) in [4.78, 5) is 4.67. The molecule has 4 rings (SSSR count). The summed E-state index contributed by atoms with van der Waals surface area (Å²) in [5.74, 6) is 0.278. The highest BCUT2D eigenvalue weighted by Gasteiger charge is 2.12. The largest absolute Gasteiger partial charge is 0.456 e. The van der Waals surface area contributed by atoms with Crippen molar-refractivity contribution >= 4 is 11.3 Å². The number of rotatable bonds is 5. The number of benzene rings is 3. The molecule has 0 saturated heterocycles. The first-order valence-corrected chi connectivity index (χ1v) is 9.19. The average molecular weight is 378 g/mol. The molecule has 0 aliphatic heterocycles. The maximum Gasteiger partial charge on any atom is 0.144 e. The van der Waals surface area contributed by atoms with Gasteiger partial charge in [-0.25, -0.2) is 13.8 Å². The van der Waals surface area contributed by atoms with Crippen LogP contribution in [-0.4, -0.2) is 4.98 Å². The van der Waals surface area contributed by atoms with E-state index in [-0.39, 0.29) is 11.6 Å². The molecule has 0 saturated carbocycles. The maximum atomic E-state index is 13.4. The van der Waals surface area contributed by atoms with Crippen LogP contribution in [0.2, 0.25) is 0 Å². The van der Waals surface area contributed by atoms with Crippen molar-refractivity contribution in [1.82, 2.24) is 4.98 Å². The quantitative estimate of drug-likeness (QED) is 0.408. The Hall–Kier alpha value is -3.05. The molecule has 4 aromatic rings. The van der Waals surface area contributed by atoms with E-state index in [0.29, 0.717) is 17.9 Å². The Morgan fingerprint density at radius 1 is 0.963 bits per heavy atom. The van der Waals surface area contributed by atoms with Gasteiger partial charge in [0, 0.05) is 29.5 Å². The number of thiazole rings is 1. The van der Waals surface area contributed by atoms with E-state index in [1.54, 1.807) is 30.3 Å². The highest BCUT2D eigenvalue weighted by atomic mass is 32.1. The molecule has 1 aromatic heterocycles. The molecule has 1 heterocycles. The molecule has 0 fully saturated rings. The number of hydrogen-bond acceptors (Lipinski definition) is 3. The van der Waals surface area contributed by atoms with Gasteiger partial charge in [0.1, 0.15) is 23.1 Å². The molecule has 0 spiro atoms. The molecule has 0 unspecified atom stereocenters. The summed E-state index contributed by atoms with van der Waals surface area (Å²) in [6.07, 6.45) is 0.627. The van der Waals surface area contributed by atoms with Crippen molar-refractivity contribution in [3.05, 3.63) is 100 Å². The topological polar surface area (TPSA) is 22.1 Å². The molecule has 1 radical (unpaired) electrons. The average Bonchev–Trinajstić information content (AvgIpc) is 3.12. The second kappa shape index (κ2) is 7.68. The molecule has 3 aromatic carbocycles. The third kappa shape index (κ3) is 4.20. The normalized spacial score (nSPS) is 10.7. The van der Waals surface area contributed by atoms with Gasteiger partial charge in [-0.05, 0) is 35.9 Å². The molecule has 0 aliphatic rings. The summed E-state index contributed by atoms with van der Waals surface area (Å²) in [6.45, 7) is 0. The second-order valence-electron chi connectivity index (χ2n) is 5.90. The van der Waals surface area contributed by atoms with E-state index in [1.165, 1.54) is 35.6 Å². The van der Waals surface area contributed by atoms with Gasteiger partial charge in [-0.3, -0.25) is 0 Å². The second-order valence-corrected chi connectivity index (χ2v) is 6.84. The molecular weight excluding hydrogens is 364 g/mol. The van der Waals surface area contributed by atoms with Crippen molar-refractivity contribution in [3.8, 4) is 22.8 Å². The first-order valence-electron chi connectivity index (χ1n) is 8.31. The predicted octanol–water partition coefficient (Wildman–Crippen LogP) is 6.27. The molecule has 0 bridgehead atoms. The number of ether oxygens (including phenoxy) is 1. The van der Waals surface area contributed by atoms with Gasteiger partial charge in [0.2, 0.25) is 0 Å². The van der Waals surface area contributed by atoms with Crippen LogP contribution in [0.3, 0.4) is 0 Å². The van der Waals surface area contributed by atoms with Crippen LogP contribution in [0.4, 0.5) is 8.78 Å². The third-order valence-electron chi connectivity index (χ3n) is 3.93. The summed E-state index contributed by atoms with van der Waals surface area (Å²) in [6, 6.07) is 20.9. The van der Waals surface area contributed by atoms with Gasteiger partial charge in [-0.2, -0.15) is 0 Å². The van der Waals surface area contributed by atoms with E-state index in [0.717, 1.165) is 21.8 Å². The standard InChI is InChI=1S/C22H14F2NOS/c23-16-10-8-15(9-11-16)12-22-25-20(14-27-22)19-6-1-2-7-21(19)26-18-5-3-4-17(24)13-18/h1-6,8-11,13-14H,12H2. The van der Waals surface area contributed by atoms with Crippen molar-refractivity contribution in [2.45, 2.75) is 6.42 Å². The minimum atomic E-state index is -0.361. The Morgan fingerprint density at radius 3 is 2.63 bits per heavy atom. The van der Waals surface area contributed by atoms with Crippen molar-refractivity contribution in [1.29, 1.82) is 0 Å². The number of aromatic nitrogens is 1. The minimum absolute atomic E-state index is 0.252. The summed E-state index contributed by atoms with van der Waals surface area (Å²) < 4.78 is 32.3. The number of nitrogens with zero attached hydrogens (tertiary/aromatic N) is 1. The molecule has 0 aliphatic carbocycles. The van der Waals surface area contributed by atoms with Crippen LogP contribution in [0, 0.1) is 17.7 Å². The zero-order valence-electron chi connectivity index (χ0n) is 14.2. The van der Waals surface area contributed by atoms with Crippen molar-refractivity contribution < 1.29 is 13.5 Å². The molecule has 0 N–H and O–H groups in total. The Kier molecular flexibility index (Phi) is 4.94. The van der Waals surface area contributed by atoms with Crippen LogP contribution in [0.25, 0.3) is 11.3 Å². The molecular formula is C22H14F2NOS. The number of para-hydroxylation sites is 1. The van der Waals surface area contributed by atoms with E-state index < -0.39 is 0 Å². The Morgan fingerprint density at radius 2 is 1.81 bits per heavy atom. The molecule has 133 valence electrons.